The van der Waals surface area contributed by atoms with E-state index in [9.17, 15) is 9.59 Å². The number of halogens is 1. The average Bonchev–Trinajstić information content (AvgIpc) is 2.68. The Morgan fingerprint density at radius 2 is 2.00 bits per heavy atom. The van der Waals surface area contributed by atoms with Crippen LogP contribution >= 0.6 is 11.6 Å². The number of rotatable bonds is 4. The van der Waals surface area contributed by atoms with E-state index in [1.54, 1.807) is 18.2 Å². The molecule has 0 bridgehead atoms. The largest absolute Gasteiger partial charge is 0.375 e. The molecule has 148 valence electrons. The number of carbonyl (C=O) groups excluding carboxylic acids is 2. The molecule has 27 heavy (non-hydrogen) atoms. The molecule has 0 unspecified atom stereocenters. The zero-order valence-corrected chi connectivity index (χ0v) is 16.7. The van der Waals surface area contributed by atoms with Gasteiger partial charge in [0.2, 0.25) is 5.91 Å². The Morgan fingerprint density at radius 1 is 1.26 bits per heavy atom. The highest BCUT2D eigenvalue weighted by Gasteiger charge is 2.29. The van der Waals surface area contributed by atoms with Crippen molar-refractivity contribution in [2.45, 2.75) is 57.2 Å². The highest BCUT2D eigenvalue weighted by atomic mass is 35.5. The minimum absolute atomic E-state index is 0.0688. The zero-order chi connectivity index (χ0) is 19.4. The summed E-state index contributed by atoms with van der Waals surface area (Å²) < 4.78 is 5.51. The van der Waals surface area contributed by atoms with Gasteiger partial charge in [-0.1, -0.05) is 30.9 Å². The monoisotopic (exact) mass is 393 g/mol. The molecular weight excluding hydrogens is 366 g/mol. The first-order valence-electron chi connectivity index (χ1n) is 9.70. The first-order chi connectivity index (χ1) is 13.0. The topological polar surface area (TPSA) is 70.7 Å². The number of ether oxygens (including phenoxy) is 1. The summed E-state index contributed by atoms with van der Waals surface area (Å²) in [6.45, 7) is 3.11. The molecule has 1 aliphatic heterocycles. The molecule has 1 aliphatic carbocycles. The predicted octanol–water partition coefficient (Wildman–Crippen LogP) is 3.06. The molecule has 1 aromatic rings. The van der Waals surface area contributed by atoms with E-state index in [1.807, 2.05) is 18.9 Å². The summed E-state index contributed by atoms with van der Waals surface area (Å²) in [5, 5.41) is 6.35. The van der Waals surface area contributed by atoms with E-state index in [2.05, 4.69) is 10.6 Å². The minimum atomic E-state index is -0.406. The van der Waals surface area contributed by atoms with E-state index in [0.717, 1.165) is 12.8 Å². The van der Waals surface area contributed by atoms with Crippen molar-refractivity contribution < 1.29 is 14.3 Å². The number of hydrogen-bond acceptors (Lipinski definition) is 4. The van der Waals surface area contributed by atoms with Crippen LogP contribution in [0, 0.1) is 0 Å². The van der Waals surface area contributed by atoms with Crippen molar-refractivity contribution in [3.05, 3.63) is 28.8 Å². The van der Waals surface area contributed by atoms with Gasteiger partial charge in [-0.05, 0) is 38.0 Å². The molecule has 0 radical (unpaired) electrons. The zero-order valence-electron chi connectivity index (χ0n) is 16.0. The van der Waals surface area contributed by atoms with Crippen LogP contribution in [0.25, 0.3) is 0 Å². The SMILES string of the molecule is C[C@H]1OCCN[C@@H]1C(=O)Nc1ccc(C(=O)N(C)C2CCCCC2)c(Cl)c1. The molecule has 1 aromatic carbocycles. The van der Waals surface area contributed by atoms with Gasteiger partial charge in [-0.15, -0.1) is 0 Å². The number of carbonyl (C=O) groups is 2. The molecule has 1 heterocycles. The fourth-order valence-corrected chi connectivity index (χ4v) is 4.10. The number of anilines is 1. The van der Waals surface area contributed by atoms with Gasteiger partial charge in [0.25, 0.3) is 5.91 Å². The molecule has 0 spiro atoms. The summed E-state index contributed by atoms with van der Waals surface area (Å²) in [5.74, 6) is -0.239. The highest BCUT2D eigenvalue weighted by Crippen LogP contribution is 2.26. The molecular formula is C20H28ClN3O3. The van der Waals surface area contributed by atoms with Crippen molar-refractivity contribution >= 4 is 29.1 Å². The van der Waals surface area contributed by atoms with E-state index in [4.69, 9.17) is 16.3 Å². The minimum Gasteiger partial charge on any atom is -0.375 e. The summed E-state index contributed by atoms with van der Waals surface area (Å²) in [5.41, 5.74) is 1.04. The summed E-state index contributed by atoms with van der Waals surface area (Å²) in [4.78, 5) is 27.1. The standard InChI is InChI=1S/C20H28ClN3O3/c1-13-18(22-10-11-27-13)19(25)23-14-8-9-16(17(21)12-14)20(26)24(2)15-6-4-3-5-7-15/h8-9,12-13,15,18,22H,3-7,10-11H2,1-2H3,(H,23,25)/t13-,18+/m1/s1. The third-order valence-corrected chi connectivity index (χ3v) is 5.82. The second kappa shape index (κ2) is 9.04. The number of morpholine rings is 1. The van der Waals surface area contributed by atoms with Gasteiger partial charge in [0.1, 0.15) is 6.04 Å². The van der Waals surface area contributed by atoms with Crippen molar-refractivity contribution in [2.75, 3.05) is 25.5 Å². The van der Waals surface area contributed by atoms with Crippen molar-refractivity contribution in [3.8, 4) is 0 Å². The number of benzene rings is 1. The Kier molecular flexibility index (Phi) is 6.73. The first-order valence-corrected chi connectivity index (χ1v) is 10.1. The molecule has 1 saturated carbocycles. The van der Waals surface area contributed by atoms with Crippen LogP contribution in [0.3, 0.4) is 0 Å². The lowest BCUT2D eigenvalue weighted by Crippen LogP contribution is -2.53. The number of amides is 2. The lowest BCUT2D eigenvalue weighted by Gasteiger charge is -2.31. The molecule has 0 aromatic heterocycles. The van der Waals surface area contributed by atoms with E-state index < -0.39 is 6.04 Å². The van der Waals surface area contributed by atoms with Crippen LogP contribution in [0.1, 0.15) is 49.4 Å². The van der Waals surface area contributed by atoms with Gasteiger partial charge in [0.05, 0.1) is 23.3 Å². The molecule has 2 atom stereocenters. The third kappa shape index (κ3) is 4.81. The smallest absolute Gasteiger partial charge is 0.255 e. The normalized spacial score (nSPS) is 23.7. The predicted molar refractivity (Wildman–Crippen MR) is 106 cm³/mol. The summed E-state index contributed by atoms with van der Waals surface area (Å²) in [7, 11) is 1.85. The van der Waals surface area contributed by atoms with E-state index >= 15 is 0 Å². The van der Waals surface area contributed by atoms with E-state index in [-0.39, 0.29) is 24.0 Å². The fourth-order valence-electron chi connectivity index (χ4n) is 3.84. The van der Waals surface area contributed by atoms with Crippen molar-refractivity contribution in [1.29, 1.82) is 0 Å². The lowest BCUT2D eigenvalue weighted by molar-refractivity contribution is -0.123. The Labute approximate surface area is 165 Å². The van der Waals surface area contributed by atoms with E-state index in [1.165, 1.54) is 19.3 Å². The maximum Gasteiger partial charge on any atom is 0.255 e. The summed E-state index contributed by atoms with van der Waals surface area (Å²) >= 11 is 6.37. The van der Waals surface area contributed by atoms with Crippen LogP contribution in [0.2, 0.25) is 5.02 Å². The Morgan fingerprint density at radius 3 is 2.67 bits per heavy atom. The summed E-state index contributed by atoms with van der Waals surface area (Å²) in [6, 6.07) is 4.92. The van der Waals surface area contributed by atoms with Gasteiger partial charge in [-0.3, -0.25) is 9.59 Å². The molecule has 7 heteroatoms. The van der Waals surface area contributed by atoms with Crippen molar-refractivity contribution in [1.82, 2.24) is 10.2 Å². The lowest BCUT2D eigenvalue weighted by atomic mass is 9.94. The van der Waals surface area contributed by atoms with Crippen molar-refractivity contribution in [3.63, 3.8) is 0 Å². The average molecular weight is 394 g/mol. The van der Waals surface area contributed by atoms with Crippen LogP contribution in [-0.4, -0.2) is 55.1 Å². The number of nitrogens with zero attached hydrogens (tertiary/aromatic N) is 1. The molecule has 2 fully saturated rings. The van der Waals surface area contributed by atoms with Gasteiger partial charge in [0.15, 0.2) is 0 Å². The fraction of sp³-hybridized carbons (Fsp3) is 0.600. The van der Waals surface area contributed by atoms with Gasteiger partial charge in [-0.25, -0.2) is 0 Å². The van der Waals surface area contributed by atoms with E-state index in [0.29, 0.717) is 29.4 Å². The summed E-state index contributed by atoms with van der Waals surface area (Å²) in [6.07, 6.45) is 5.47. The quantitative estimate of drug-likeness (QED) is 0.824. The second-order valence-electron chi connectivity index (χ2n) is 7.40. The Bertz CT molecular complexity index is 691. The number of nitrogens with one attached hydrogen (secondary N) is 2. The Balaban J connectivity index is 1.66. The maximum absolute atomic E-state index is 12.8. The Hall–Kier alpha value is -1.63. The molecule has 1 saturated heterocycles. The van der Waals surface area contributed by atoms with Gasteiger partial charge >= 0.3 is 0 Å². The van der Waals surface area contributed by atoms with Gasteiger partial charge < -0.3 is 20.3 Å². The molecule has 2 aliphatic rings. The van der Waals surface area contributed by atoms with Gasteiger partial charge in [-0.2, -0.15) is 0 Å². The first kappa shape index (κ1) is 20.1. The maximum atomic E-state index is 12.8. The molecule has 2 amide bonds. The molecule has 2 N–H and O–H groups in total. The van der Waals surface area contributed by atoms with Crippen LogP contribution in [0.5, 0.6) is 0 Å². The van der Waals surface area contributed by atoms with Gasteiger partial charge in [0, 0.05) is 25.3 Å². The van der Waals surface area contributed by atoms with Crippen LogP contribution < -0.4 is 10.6 Å². The van der Waals surface area contributed by atoms with Crippen LogP contribution in [0.4, 0.5) is 5.69 Å². The third-order valence-electron chi connectivity index (χ3n) is 5.51. The highest BCUT2D eigenvalue weighted by molar-refractivity contribution is 6.34. The van der Waals surface area contributed by atoms with Crippen LogP contribution in [-0.2, 0) is 9.53 Å². The second-order valence-corrected chi connectivity index (χ2v) is 7.81. The van der Waals surface area contributed by atoms with Crippen molar-refractivity contribution in [2.24, 2.45) is 0 Å². The molecule has 3 rings (SSSR count). The molecule has 6 nitrogen and oxygen atoms in total. The van der Waals surface area contributed by atoms with Crippen LogP contribution in [0.15, 0.2) is 18.2 Å². The number of hydrogen-bond donors (Lipinski definition) is 2.